The fraction of sp³-hybridized carbons (Fsp3) is 0.400. The van der Waals surface area contributed by atoms with Crippen molar-refractivity contribution in [2.24, 2.45) is 5.41 Å². The number of carbonyl (C=O) groups is 3. The standard InChI is InChI=1S/C30H37N5O5/c1-30(2,3)29(38)32-24(20-40-19-22-10-6-4-7-11-22)27(36)33-25-18-35(21-31-25)26(23-12-8-5-9-13-23)28(37)34-14-16-39-17-15-34/h4-13,18,21,24,26H,14-17,19-20H2,1-3H3,(H,32,38)(H,33,36)/t24-,26?/m1/s1. The van der Waals surface area contributed by atoms with Gasteiger partial charge in [0.1, 0.15) is 12.1 Å². The van der Waals surface area contributed by atoms with Crippen LogP contribution in [0.25, 0.3) is 0 Å². The summed E-state index contributed by atoms with van der Waals surface area (Å²) in [7, 11) is 0. The van der Waals surface area contributed by atoms with Gasteiger partial charge in [-0.05, 0) is 11.1 Å². The zero-order valence-electron chi connectivity index (χ0n) is 23.2. The molecule has 3 amide bonds. The lowest BCUT2D eigenvalue weighted by atomic mass is 9.95. The molecule has 0 aliphatic carbocycles. The number of nitrogens with zero attached hydrogens (tertiary/aromatic N) is 3. The van der Waals surface area contributed by atoms with Crippen molar-refractivity contribution in [3.8, 4) is 0 Å². The van der Waals surface area contributed by atoms with Crippen LogP contribution in [0.4, 0.5) is 5.82 Å². The predicted octanol–water partition coefficient (Wildman–Crippen LogP) is 3.02. The molecule has 0 bridgehead atoms. The number of benzene rings is 2. The molecule has 1 fully saturated rings. The Morgan fingerprint density at radius 1 is 1.00 bits per heavy atom. The van der Waals surface area contributed by atoms with Crippen molar-refractivity contribution in [3.63, 3.8) is 0 Å². The molecule has 40 heavy (non-hydrogen) atoms. The monoisotopic (exact) mass is 547 g/mol. The Labute approximate surface area is 234 Å². The van der Waals surface area contributed by atoms with E-state index in [9.17, 15) is 14.4 Å². The number of ether oxygens (including phenoxy) is 2. The number of anilines is 1. The van der Waals surface area contributed by atoms with Gasteiger partial charge in [-0.25, -0.2) is 4.98 Å². The molecule has 2 atom stereocenters. The lowest BCUT2D eigenvalue weighted by Crippen LogP contribution is -2.50. The van der Waals surface area contributed by atoms with E-state index in [1.54, 1.807) is 36.4 Å². The van der Waals surface area contributed by atoms with E-state index in [1.807, 2.05) is 60.7 Å². The van der Waals surface area contributed by atoms with Crippen LogP contribution in [0, 0.1) is 5.41 Å². The number of morpholine rings is 1. The normalized spacial score (nSPS) is 15.2. The largest absolute Gasteiger partial charge is 0.378 e. The minimum absolute atomic E-state index is 0.0224. The Hall–Kier alpha value is -4.02. The van der Waals surface area contributed by atoms with Crippen LogP contribution in [0.5, 0.6) is 0 Å². The molecule has 212 valence electrons. The molecule has 1 unspecified atom stereocenters. The molecule has 3 aromatic rings. The summed E-state index contributed by atoms with van der Waals surface area (Å²) >= 11 is 0. The topological polar surface area (TPSA) is 115 Å². The van der Waals surface area contributed by atoms with E-state index in [2.05, 4.69) is 15.6 Å². The zero-order chi connectivity index (χ0) is 28.5. The number of hydrogen-bond acceptors (Lipinski definition) is 6. The Morgan fingerprint density at radius 2 is 1.65 bits per heavy atom. The van der Waals surface area contributed by atoms with Crippen molar-refractivity contribution in [3.05, 3.63) is 84.3 Å². The van der Waals surface area contributed by atoms with Crippen molar-refractivity contribution in [2.75, 3.05) is 38.2 Å². The van der Waals surface area contributed by atoms with Crippen LogP contribution in [0.1, 0.15) is 37.9 Å². The van der Waals surface area contributed by atoms with Crippen LogP contribution in [-0.4, -0.2) is 71.1 Å². The molecule has 0 saturated carbocycles. The Balaban J connectivity index is 1.49. The molecular formula is C30H37N5O5. The van der Waals surface area contributed by atoms with Crippen molar-refractivity contribution in [1.29, 1.82) is 0 Å². The molecule has 2 N–H and O–H groups in total. The van der Waals surface area contributed by atoms with Crippen molar-refractivity contribution in [1.82, 2.24) is 19.8 Å². The van der Waals surface area contributed by atoms with Gasteiger partial charge >= 0.3 is 0 Å². The highest BCUT2D eigenvalue weighted by Gasteiger charge is 2.30. The van der Waals surface area contributed by atoms with Gasteiger partial charge in [-0.3, -0.25) is 14.4 Å². The van der Waals surface area contributed by atoms with Crippen LogP contribution in [0.15, 0.2) is 73.2 Å². The first-order valence-corrected chi connectivity index (χ1v) is 13.4. The number of hydrogen-bond donors (Lipinski definition) is 2. The molecule has 0 radical (unpaired) electrons. The second-order valence-electron chi connectivity index (χ2n) is 10.7. The molecule has 1 aromatic heterocycles. The van der Waals surface area contributed by atoms with Gasteiger partial charge in [0.05, 0.1) is 32.8 Å². The molecule has 4 rings (SSSR count). The molecule has 1 aliphatic heterocycles. The summed E-state index contributed by atoms with van der Waals surface area (Å²) in [6, 6.07) is 17.4. The van der Waals surface area contributed by atoms with Gasteiger partial charge in [-0.1, -0.05) is 81.4 Å². The van der Waals surface area contributed by atoms with Crippen LogP contribution in [0.3, 0.4) is 0 Å². The highest BCUT2D eigenvalue weighted by atomic mass is 16.5. The molecule has 10 nitrogen and oxygen atoms in total. The summed E-state index contributed by atoms with van der Waals surface area (Å²) in [5, 5.41) is 5.58. The van der Waals surface area contributed by atoms with E-state index in [-0.39, 0.29) is 24.2 Å². The maximum atomic E-state index is 13.6. The minimum atomic E-state index is -0.944. The first kappa shape index (κ1) is 29.0. The van der Waals surface area contributed by atoms with Gasteiger partial charge in [-0.2, -0.15) is 0 Å². The van der Waals surface area contributed by atoms with Gasteiger partial charge in [0, 0.05) is 24.7 Å². The van der Waals surface area contributed by atoms with E-state index < -0.39 is 23.4 Å². The maximum Gasteiger partial charge on any atom is 0.250 e. The average Bonchev–Trinajstić information content (AvgIpc) is 3.41. The van der Waals surface area contributed by atoms with Crippen molar-refractivity contribution < 1.29 is 23.9 Å². The number of amides is 3. The van der Waals surface area contributed by atoms with Crippen LogP contribution >= 0.6 is 0 Å². The zero-order valence-corrected chi connectivity index (χ0v) is 23.2. The Morgan fingerprint density at radius 3 is 2.30 bits per heavy atom. The lowest BCUT2D eigenvalue weighted by molar-refractivity contribution is -0.137. The van der Waals surface area contributed by atoms with E-state index in [1.165, 1.54) is 6.33 Å². The van der Waals surface area contributed by atoms with Crippen molar-refractivity contribution in [2.45, 2.75) is 39.5 Å². The molecule has 10 heteroatoms. The molecule has 2 heterocycles. The number of imidazole rings is 1. The predicted molar refractivity (Wildman–Crippen MR) is 150 cm³/mol. The molecule has 0 spiro atoms. The summed E-state index contributed by atoms with van der Waals surface area (Å²) in [5.74, 6) is -0.554. The fourth-order valence-electron chi connectivity index (χ4n) is 4.22. The first-order valence-electron chi connectivity index (χ1n) is 13.4. The van der Waals surface area contributed by atoms with Gasteiger partial charge in [0.2, 0.25) is 11.8 Å². The maximum absolute atomic E-state index is 13.6. The third kappa shape index (κ3) is 7.77. The summed E-state index contributed by atoms with van der Waals surface area (Å²) in [5.41, 5.74) is 1.07. The minimum Gasteiger partial charge on any atom is -0.378 e. The third-order valence-corrected chi connectivity index (χ3v) is 6.52. The fourth-order valence-corrected chi connectivity index (χ4v) is 4.22. The van der Waals surface area contributed by atoms with Gasteiger partial charge in [0.15, 0.2) is 5.82 Å². The summed E-state index contributed by atoms with van der Waals surface area (Å²) in [6.45, 7) is 7.62. The number of aromatic nitrogens is 2. The Bertz CT molecular complexity index is 1270. The summed E-state index contributed by atoms with van der Waals surface area (Å²) in [6.07, 6.45) is 3.15. The second kappa shape index (κ2) is 13.4. The number of nitrogens with one attached hydrogen (secondary N) is 2. The van der Waals surface area contributed by atoms with E-state index in [0.29, 0.717) is 32.9 Å². The summed E-state index contributed by atoms with van der Waals surface area (Å²) < 4.78 is 12.9. The average molecular weight is 548 g/mol. The van der Waals surface area contributed by atoms with Gasteiger partial charge in [-0.15, -0.1) is 0 Å². The van der Waals surface area contributed by atoms with Gasteiger partial charge in [0.25, 0.3) is 5.91 Å². The highest BCUT2D eigenvalue weighted by molar-refractivity contribution is 5.97. The molecular weight excluding hydrogens is 510 g/mol. The van der Waals surface area contributed by atoms with E-state index in [4.69, 9.17) is 9.47 Å². The quantitative estimate of drug-likeness (QED) is 0.403. The van der Waals surface area contributed by atoms with Crippen molar-refractivity contribution >= 4 is 23.5 Å². The second-order valence-corrected chi connectivity index (χ2v) is 10.7. The lowest BCUT2D eigenvalue weighted by Gasteiger charge is -2.31. The molecule has 1 saturated heterocycles. The summed E-state index contributed by atoms with van der Waals surface area (Å²) in [4.78, 5) is 45.7. The molecule has 2 aromatic carbocycles. The number of rotatable bonds is 10. The number of carbonyl (C=O) groups excluding carboxylic acids is 3. The van der Waals surface area contributed by atoms with Crippen LogP contribution in [-0.2, 0) is 30.5 Å². The van der Waals surface area contributed by atoms with Crippen LogP contribution < -0.4 is 10.6 Å². The third-order valence-electron chi connectivity index (χ3n) is 6.52. The van der Waals surface area contributed by atoms with E-state index >= 15 is 0 Å². The smallest absolute Gasteiger partial charge is 0.250 e. The first-order chi connectivity index (χ1) is 19.2. The highest BCUT2D eigenvalue weighted by Crippen LogP contribution is 2.23. The Kier molecular flexibility index (Phi) is 9.68. The SMILES string of the molecule is CC(C)(C)C(=O)N[C@H](COCc1ccccc1)C(=O)Nc1cn(C(C(=O)N2CCOCC2)c2ccccc2)cn1. The van der Waals surface area contributed by atoms with Gasteiger partial charge < -0.3 is 29.6 Å². The molecule has 1 aliphatic rings. The van der Waals surface area contributed by atoms with E-state index in [0.717, 1.165) is 11.1 Å². The van der Waals surface area contributed by atoms with Crippen LogP contribution in [0.2, 0.25) is 0 Å².